The fraction of sp³-hybridized carbons (Fsp3) is 0.261. The highest BCUT2D eigenvalue weighted by Crippen LogP contribution is 2.37. The van der Waals surface area contributed by atoms with Crippen molar-refractivity contribution in [1.29, 1.82) is 0 Å². The van der Waals surface area contributed by atoms with Gasteiger partial charge in [-0.05, 0) is 43.7 Å². The van der Waals surface area contributed by atoms with Gasteiger partial charge in [0.05, 0.1) is 30.1 Å². The van der Waals surface area contributed by atoms with Crippen LogP contribution >= 0.6 is 0 Å². The summed E-state index contributed by atoms with van der Waals surface area (Å²) in [4.78, 5) is 29.3. The van der Waals surface area contributed by atoms with Crippen molar-refractivity contribution in [1.82, 2.24) is 15.0 Å². The average Bonchev–Trinajstić information content (AvgIpc) is 3.33. The number of nitrogens with one attached hydrogen (secondary N) is 2. The number of anilines is 1. The van der Waals surface area contributed by atoms with Gasteiger partial charge in [-0.3, -0.25) is 9.59 Å². The fourth-order valence-corrected chi connectivity index (χ4v) is 4.31. The number of aryl methyl sites for hydroxylation is 2. The third-order valence-corrected chi connectivity index (χ3v) is 5.79. The van der Waals surface area contributed by atoms with Crippen molar-refractivity contribution in [2.45, 2.75) is 13.8 Å². The zero-order valence-electron chi connectivity index (χ0n) is 17.3. The molecule has 31 heavy (non-hydrogen) atoms. The number of benzene rings is 2. The molecule has 1 saturated heterocycles. The number of amides is 2. The predicted molar refractivity (Wildman–Crippen MR) is 117 cm³/mol. The minimum absolute atomic E-state index is 0.00786. The molecule has 0 bridgehead atoms. The van der Waals surface area contributed by atoms with Gasteiger partial charge in [-0.2, -0.15) is 0 Å². The van der Waals surface area contributed by atoms with E-state index in [4.69, 9.17) is 9.26 Å². The van der Waals surface area contributed by atoms with Crippen molar-refractivity contribution in [3.05, 3.63) is 47.3 Å². The van der Waals surface area contributed by atoms with Gasteiger partial charge in [0.2, 0.25) is 6.41 Å². The average molecular weight is 418 g/mol. The molecule has 158 valence electrons. The van der Waals surface area contributed by atoms with Crippen molar-refractivity contribution >= 4 is 39.8 Å². The van der Waals surface area contributed by atoms with E-state index in [9.17, 15) is 9.59 Å². The Hall–Kier alpha value is -3.65. The van der Waals surface area contributed by atoms with Crippen molar-refractivity contribution in [3.63, 3.8) is 0 Å². The van der Waals surface area contributed by atoms with Gasteiger partial charge in [0, 0.05) is 40.5 Å². The fourth-order valence-electron chi connectivity index (χ4n) is 4.31. The molecule has 0 atom stereocenters. The molecule has 0 aliphatic carbocycles. The van der Waals surface area contributed by atoms with Crippen molar-refractivity contribution in [2.75, 3.05) is 31.6 Å². The number of H-pyrrole nitrogens is 1. The number of aromatic nitrogens is 2. The molecule has 1 aliphatic rings. The van der Waals surface area contributed by atoms with E-state index in [1.807, 2.05) is 43.0 Å². The second-order valence-corrected chi connectivity index (χ2v) is 7.70. The highest BCUT2D eigenvalue weighted by Gasteiger charge is 2.20. The maximum Gasteiger partial charge on any atom is 0.254 e. The second-order valence-electron chi connectivity index (χ2n) is 7.70. The number of aromatic amines is 1. The molecule has 1 fully saturated rings. The van der Waals surface area contributed by atoms with Crippen LogP contribution in [0.2, 0.25) is 0 Å². The lowest BCUT2D eigenvalue weighted by atomic mass is 10.00. The number of ether oxygens (including phenoxy) is 1. The van der Waals surface area contributed by atoms with Gasteiger partial charge in [0.1, 0.15) is 5.76 Å². The number of hydrogen-bond donors (Lipinski definition) is 2. The first kappa shape index (κ1) is 19.3. The Labute approximate surface area is 178 Å². The van der Waals surface area contributed by atoms with Crippen LogP contribution < -0.4 is 5.32 Å². The maximum absolute atomic E-state index is 12.9. The normalized spacial score (nSPS) is 14.3. The Morgan fingerprint density at radius 1 is 1.16 bits per heavy atom. The van der Waals surface area contributed by atoms with Gasteiger partial charge in [0.25, 0.3) is 5.91 Å². The van der Waals surface area contributed by atoms with Gasteiger partial charge < -0.3 is 24.5 Å². The monoisotopic (exact) mass is 418 g/mol. The highest BCUT2D eigenvalue weighted by molar-refractivity contribution is 6.15. The Morgan fingerprint density at radius 3 is 2.68 bits per heavy atom. The van der Waals surface area contributed by atoms with Crippen LogP contribution in [0, 0.1) is 13.8 Å². The molecule has 2 aromatic heterocycles. The Morgan fingerprint density at radius 2 is 1.97 bits per heavy atom. The second kappa shape index (κ2) is 7.55. The molecule has 8 heteroatoms. The summed E-state index contributed by atoms with van der Waals surface area (Å²) in [5.74, 6) is 0.707. The number of carbonyl (C=O) groups is 2. The summed E-state index contributed by atoms with van der Waals surface area (Å²) in [7, 11) is 0. The summed E-state index contributed by atoms with van der Waals surface area (Å²) in [6, 6.07) is 9.62. The molecule has 2 aromatic carbocycles. The molecule has 0 radical (unpaired) electrons. The summed E-state index contributed by atoms with van der Waals surface area (Å²) in [6.45, 7) is 6.07. The van der Waals surface area contributed by atoms with Crippen molar-refractivity contribution < 1.29 is 18.8 Å². The van der Waals surface area contributed by atoms with Crippen LogP contribution in [0.5, 0.6) is 0 Å². The SMILES string of the molecule is Cc1noc(C)c1-c1cc(NC=O)c2[nH]c3cc(C(=O)N4CCOCC4)ccc3c2c1. The summed E-state index contributed by atoms with van der Waals surface area (Å²) >= 11 is 0. The van der Waals surface area contributed by atoms with E-state index < -0.39 is 0 Å². The van der Waals surface area contributed by atoms with E-state index in [0.29, 0.717) is 49.7 Å². The smallest absolute Gasteiger partial charge is 0.254 e. The topological polar surface area (TPSA) is 100 Å². The van der Waals surface area contributed by atoms with Crippen molar-refractivity contribution in [3.8, 4) is 11.1 Å². The van der Waals surface area contributed by atoms with Crippen molar-refractivity contribution in [2.24, 2.45) is 0 Å². The Kier molecular flexibility index (Phi) is 4.71. The van der Waals surface area contributed by atoms with Crippen LogP contribution in [-0.2, 0) is 9.53 Å². The van der Waals surface area contributed by atoms with Crippen LogP contribution in [0.3, 0.4) is 0 Å². The zero-order valence-corrected chi connectivity index (χ0v) is 17.3. The molecular formula is C23H22N4O4. The molecule has 4 aromatic rings. The number of morpholine rings is 1. The largest absolute Gasteiger partial charge is 0.378 e. The van der Waals surface area contributed by atoms with Gasteiger partial charge in [-0.25, -0.2) is 0 Å². The molecule has 0 spiro atoms. The molecule has 0 unspecified atom stereocenters. The maximum atomic E-state index is 12.9. The van der Waals surface area contributed by atoms with Gasteiger partial charge in [-0.1, -0.05) is 11.2 Å². The van der Waals surface area contributed by atoms with Crippen LogP contribution in [0.15, 0.2) is 34.9 Å². The summed E-state index contributed by atoms with van der Waals surface area (Å²) in [5.41, 5.74) is 5.50. The molecule has 1 aliphatic heterocycles. The van der Waals surface area contributed by atoms with Crippen LogP contribution in [0.1, 0.15) is 21.8 Å². The Bertz CT molecular complexity index is 1290. The molecule has 5 rings (SSSR count). The van der Waals surface area contributed by atoms with E-state index >= 15 is 0 Å². The van der Waals surface area contributed by atoms with Gasteiger partial charge in [0.15, 0.2) is 0 Å². The summed E-state index contributed by atoms with van der Waals surface area (Å²) in [6.07, 6.45) is 0.658. The lowest BCUT2D eigenvalue weighted by Crippen LogP contribution is -2.40. The minimum atomic E-state index is -0.00786. The highest BCUT2D eigenvalue weighted by atomic mass is 16.5. The molecule has 0 saturated carbocycles. The molecule has 2 amide bonds. The quantitative estimate of drug-likeness (QED) is 0.493. The molecule has 8 nitrogen and oxygen atoms in total. The summed E-state index contributed by atoms with van der Waals surface area (Å²) < 4.78 is 10.7. The molecular weight excluding hydrogens is 396 g/mol. The lowest BCUT2D eigenvalue weighted by molar-refractivity contribution is -0.105. The minimum Gasteiger partial charge on any atom is -0.378 e. The first-order chi connectivity index (χ1) is 15.1. The van der Waals surface area contributed by atoms with Gasteiger partial charge in [-0.15, -0.1) is 0 Å². The third kappa shape index (κ3) is 3.25. The van der Waals surface area contributed by atoms with E-state index in [2.05, 4.69) is 21.5 Å². The predicted octanol–water partition coefficient (Wildman–Crippen LogP) is 3.63. The van der Waals surface area contributed by atoms with E-state index in [1.54, 1.807) is 0 Å². The van der Waals surface area contributed by atoms with Crippen LogP contribution in [-0.4, -0.2) is 53.7 Å². The molecule has 2 N–H and O–H groups in total. The van der Waals surface area contributed by atoms with Crippen LogP contribution in [0.25, 0.3) is 32.9 Å². The van der Waals surface area contributed by atoms with E-state index in [0.717, 1.165) is 38.6 Å². The van der Waals surface area contributed by atoms with E-state index in [-0.39, 0.29) is 5.91 Å². The first-order valence-corrected chi connectivity index (χ1v) is 10.2. The number of nitrogens with zero attached hydrogens (tertiary/aromatic N) is 2. The van der Waals surface area contributed by atoms with E-state index in [1.165, 1.54) is 0 Å². The first-order valence-electron chi connectivity index (χ1n) is 10.2. The van der Waals surface area contributed by atoms with Gasteiger partial charge >= 0.3 is 0 Å². The number of carbonyl (C=O) groups excluding carboxylic acids is 2. The third-order valence-electron chi connectivity index (χ3n) is 5.79. The number of fused-ring (bicyclic) bond motifs is 3. The summed E-state index contributed by atoms with van der Waals surface area (Å²) in [5, 5.41) is 8.75. The number of hydrogen-bond acceptors (Lipinski definition) is 5. The zero-order chi connectivity index (χ0) is 21.5. The standard InChI is InChI=1S/C23H22N4O4/c1-13-21(14(2)31-26-13)16-9-18-17-4-3-15(23(29)27-5-7-30-8-6-27)10-19(17)25-22(18)20(11-16)24-12-28/h3-4,9-12,25H,5-8H2,1-2H3,(H,24,28). The number of rotatable bonds is 4. The Balaban J connectivity index is 1.66. The molecule has 3 heterocycles. The lowest BCUT2D eigenvalue weighted by Gasteiger charge is -2.26. The van der Waals surface area contributed by atoms with Crippen LogP contribution in [0.4, 0.5) is 5.69 Å².